The summed E-state index contributed by atoms with van der Waals surface area (Å²) in [5.41, 5.74) is 1.59. The van der Waals surface area contributed by atoms with Crippen molar-refractivity contribution in [3.8, 4) is 0 Å². The molecule has 3 N–H and O–H groups in total. The summed E-state index contributed by atoms with van der Waals surface area (Å²) in [5, 5.41) is 8.34. The SMILES string of the molecule is CC(C)C[C@H](NC(=O)Nc1ccccc1)C(=O)NCc1cccnc1. The van der Waals surface area contributed by atoms with Crippen LogP contribution < -0.4 is 16.0 Å². The van der Waals surface area contributed by atoms with Gasteiger partial charge in [-0.25, -0.2) is 4.79 Å². The number of nitrogens with zero attached hydrogens (tertiary/aromatic N) is 1. The van der Waals surface area contributed by atoms with Crippen molar-refractivity contribution in [3.63, 3.8) is 0 Å². The van der Waals surface area contributed by atoms with Crippen molar-refractivity contribution in [1.29, 1.82) is 0 Å². The zero-order valence-electron chi connectivity index (χ0n) is 14.5. The van der Waals surface area contributed by atoms with Gasteiger partial charge in [0.2, 0.25) is 5.91 Å². The van der Waals surface area contributed by atoms with E-state index in [1.807, 2.05) is 44.2 Å². The van der Waals surface area contributed by atoms with Gasteiger partial charge in [0.15, 0.2) is 0 Å². The third-order valence-electron chi connectivity index (χ3n) is 3.55. The summed E-state index contributed by atoms with van der Waals surface area (Å²) in [5.74, 6) is 0.0620. The Kier molecular flexibility index (Phi) is 6.95. The molecule has 1 aromatic heterocycles. The van der Waals surface area contributed by atoms with Crippen molar-refractivity contribution in [2.45, 2.75) is 32.9 Å². The van der Waals surface area contributed by atoms with E-state index in [1.54, 1.807) is 24.5 Å². The van der Waals surface area contributed by atoms with Crippen LogP contribution in [-0.4, -0.2) is 23.0 Å². The molecule has 2 rings (SSSR count). The quantitative estimate of drug-likeness (QED) is 0.725. The molecule has 0 radical (unpaired) electrons. The lowest BCUT2D eigenvalue weighted by Gasteiger charge is -2.20. The van der Waals surface area contributed by atoms with Gasteiger partial charge in [0.25, 0.3) is 0 Å². The predicted molar refractivity (Wildman–Crippen MR) is 97.9 cm³/mol. The largest absolute Gasteiger partial charge is 0.350 e. The Morgan fingerprint density at radius 2 is 1.84 bits per heavy atom. The number of rotatable bonds is 7. The van der Waals surface area contributed by atoms with Crippen LogP contribution >= 0.6 is 0 Å². The first-order chi connectivity index (χ1) is 12.0. The number of hydrogen-bond acceptors (Lipinski definition) is 3. The molecule has 0 aliphatic heterocycles. The monoisotopic (exact) mass is 340 g/mol. The number of nitrogens with one attached hydrogen (secondary N) is 3. The lowest BCUT2D eigenvalue weighted by molar-refractivity contribution is -0.123. The third kappa shape index (κ3) is 6.63. The van der Waals surface area contributed by atoms with E-state index in [0.29, 0.717) is 18.7 Å². The lowest BCUT2D eigenvalue weighted by Crippen LogP contribution is -2.48. The van der Waals surface area contributed by atoms with Crippen LogP contribution in [0.3, 0.4) is 0 Å². The van der Waals surface area contributed by atoms with Crippen LogP contribution in [0.5, 0.6) is 0 Å². The third-order valence-corrected chi connectivity index (χ3v) is 3.55. The first kappa shape index (κ1) is 18.4. The average Bonchev–Trinajstić information content (AvgIpc) is 2.60. The highest BCUT2D eigenvalue weighted by molar-refractivity contribution is 5.93. The highest BCUT2D eigenvalue weighted by atomic mass is 16.2. The molecule has 25 heavy (non-hydrogen) atoms. The van der Waals surface area contributed by atoms with Gasteiger partial charge in [-0.2, -0.15) is 0 Å². The van der Waals surface area contributed by atoms with Crippen LogP contribution in [0.2, 0.25) is 0 Å². The van der Waals surface area contributed by atoms with Gasteiger partial charge in [-0.15, -0.1) is 0 Å². The molecule has 1 heterocycles. The van der Waals surface area contributed by atoms with Crippen LogP contribution in [-0.2, 0) is 11.3 Å². The fraction of sp³-hybridized carbons (Fsp3) is 0.316. The average molecular weight is 340 g/mol. The number of amides is 3. The highest BCUT2D eigenvalue weighted by Crippen LogP contribution is 2.08. The summed E-state index contributed by atoms with van der Waals surface area (Å²) in [6, 6.07) is 11.8. The number of para-hydroxylation sites is 1. The fourth-order valence-electron chi connectivity index (χ4n) is 2.36. The maximum Gasteiger partial charge on any atom is 0.319 e. The molecule has 2 aromatic rings. The fourth-order valence-corrected chi connectivity index (χ4v) is 2.36. The number of hydrogen-bond donors (Lipinski definition) is 3. The molecular weight excluding hydrogens is 316 g/mol. The van der Waals surface area contributed by atoms with E-state index in [2.05, 4.69) is 20.9 Å². The summed E-state index contributed by atoms with van der Waals surface area (Å²) in [6.45, 7) is 4.40. The van der Waals surface area contributed by atoms with E-state index in [-0.39, 0.29) is 11.8 Å². The Balaban J connectivity index is 1.92. The van der Waals surface area contributed by atoms with Gasteiger partial charge < -0.3 is 16.0 Å². The Bertz CT molecular complexity index is 674. The van der Waals surface area contributed by atoms with E-state index < -0.39 is 12.1 Å². The second-order valence-electron chi connectivity index (χ2n) is 6.23. The first-order valence-corrected chi connectivity index (χ1v) is 8.34. The van der Waals surface area contributed by atoms with Crippen LogP contribution in [0.25, 0.3) is 0 Å². The second kappa shape index (κ2) is 9.42. The molecule has 1 atom stereocenters. The standard InChI is InChI=1S/C19H24N4O2/c1-14(2)11-17(18(24)21-13-15-7-6-10-20-12-15)23-19(25)22-16-8-4-3-5-9-16/h3-10,12,14,17H,11,13H2,1-2H3,(H,21,24)(H2,22,23,25)/t17-/m0/s1. The molecule has 0 bridgehead atoms. The molecule has 6 nitrogen and oxygen atoms in total. The van der Waals surface area contributed by atoms with Gasteiger partial charge in [-0.1, -0.05) is 38.1 Å². The Morgan fingerprint density at radius 1 is 1.08 bits per heavy atom. The molecule has 132 valence electrons. The van der Waals surface area contributed by atoms with Crippen molar-refractivity contribution in [3.05, 3.63) is 60.4 Å². The Morgan fingerprint density at radius 3 is 2.48 bits per heavy atom. The van der Waals surface area contributed by atoms with Crippen molar-refractivity contribution >= 4 is 17.6 Å². The molecular formula is C19H24N4O2. The van der Waals surface area contributed by atoms with Gasteiger partial charge >= 0.3 is 6.03 Å². The highest BCUT2D eigenvalue weighted by Gasteiger charge is 2.21. The van der Waals surface area contributed by atoms with Crippen molar-refractivity contribution in [1.82, 2.24) is 15.6 Å². The van der Waals surface area contributed by atoms with Crippen LogP contribution in [0.1, 0.15) is 25.8 Å². The second-order valence-corrected chi connectivity index (χ2v) is 6.23. The van der Waals surface area contributed by atoms with E-state index >= 15 is 0 Å². The summed E-state index contributed by atoms with van der Waals surface area (Å²) < 4.78 is 0. The smallest absolute Gasteiger partial charge is 0.319 e. The van der Waals surface area contributed by atoms with Gasteiger partial charge in [-0.05, 0) is 36.1 Å². The van der Waals surface area contributed by atoms with Crippen LogP contribution in [0.4, 0.5) is 10.5 Å². The molecule has 1 aromatic carbocycles. The Hall–Kier alpha value is -2.89. The molecule has 0 saturated heterocycles. The zero-order chi connectivity index (χ0) is 18.1. The summed E-state index contributed by atoms with van der Waals surface area (Å²) in [7, 11) is 0. The van der Waals surface area contributed by atoms with E-state index in [1.165, 1.54) is 0 Å². The Labute approximate surface area is 148 Å². The molecule has 0 aliphatic carbocycles. The zero-order valence-corrected chi connectivity index (χ0v) is 14.5. The molecule has 0 spiro atoms. The number of anilines is 1. The molecule has 0 aliphatic rings. The number of carbonyl (C=O) groups excluding carboxylic acids is 2. The minimum atomic E-state index is -0.597. The minimum Gasteiger partial charge on any atom is -0.350 e. The van der Waals surface area contributed by atoms with Gasteiger partial charge in [-0.3, -0.25) is 9.78 Å². The van der Waals surface area contributed by atoms with Crippen molar-refractivity contribution < 1.29 is 9.59 Å². The maximum absolute atomic E-state index is 12.5. The number of aromatic nitrogens is 1. The molecule has 0 saturated carbocycles. The summed E-state index contributed by atoms with van der Waals surface area (Å²) >= 11 is 0. The molecule has 0 unspecified atom stereocenters. The van der Waals surface area contributed by atoms with E-state index in [0.717, 1.165) is 5.56 Å². The first-order valence-electron chi connectivity index (χ1n) is 8.34. The number of urea groups is 1. The van der Waals surface area contributed by atoms with E-state index in [9.17, 15) is 9.59 Å². The number of benzene rings is 1. The van der Waals surface area contributed by atoms with Crippen LogP contribution in [0.15, 0.2) is 54.9 Å². The molecule has 3 amide bonds. The number of pyridine rings is 1. The summed E-state index contributed by atoms with van der Waals surface area (Å²) in [6.07, 6.45) is 3.94. The predicted octanol–water partition coefficient (Wildman–Crippen LogP) is 2.93. The minimum absolute atomic E-state index is 0.208. The normalized spacial score (nSPS) is 11.6. The van der Waals surface area contributed by atoms with Crippen molar-refractivity contribution in [2.24, 2.45) is 5.92 Å². The van der Waals surface area contributed by atoms with Crippen LogP contribution in [0, 0.1) is 5.92 Å². The summed E-state index contributed by atoms with van der Waals surface area (Å²) in [4.78, 5) is 28.7. The van der Waals surface area contributed by atoms with E-state index in [4.69, 9.17) is 0 Å². The number of carbonyl (C=O) groups is 2. The van der Waals surface area contributed by atoms with Gasteiger partial charge in [0, 0.05) is 24.6 Å². The molecule has 6 heteroatoms. The van der Waals surface area contributed by atoms with Gasteiger partial charge in [0.1, 0.15) is 6.04 Å². The maximum atomic E-state index is 12.5. The molecule has 0 fully saturated rings. The lowest BCUT2D eigenvalue weighted by atomic mass is 10.0. The topological polar surface area (TPSA) is 83.1 Å². The van der Waals surface area contributed by atoms with Crippen molar-refractivity contribution in [2.75, 3.05) is 5.32 Å². The van der Waals surface area contributed by atoms with Gasteiger partial charge in [0.05, 0.1) is 0 Å².